The van der Waals surface area contributed by atoms with Gasteiger partial charge in [0.15, 0.2) is 0 Å². The molecular weight excluding hydrogens is 328 g/mol. The van der Waals surface area contributed by atoms with Crippen molar-refractivity contribution >= 4 is 38.8 Å². The zero-order chi connectivity index (χ0) is 16.3. The molecule has 0 aliphatic carbocycles. The van der Waals surface area contributed by atoms with Crippen molar-refractivity contribution in [3.8, 4) is 0 Å². The summed E-state index contributed by atoms with van der Waals surface area (Å²) < 4.78 is 28.1. The molecule has 1 aromatic carbocycles. The molecule has 118 valence electrons. The van der Waals surface area contributed by atoms with Crippen LogP contribution in [0.3, 0.4) is 0 Å². The highest BCUT2D eigenvalue weighted by molar-refractivity contribution is 7.89. The van der Waals surface area contributed by atoms with E-state index < -0.39 is 15.6 Å². The molecule has 7 heteroatoms. The van der Waals surface area contributed by atoms with Gasteiger partial charge in [-0.05, 0) is 31.4 Å². The fraction of sp³-hybridized carbons (Fsp3) is 0.500. The second-order valence-electron chi connectivity index (χ2n) is 4.96. The Kier molecular flexibility index (Phi) is 6.16. The molecule has 0 amide bonds. The van der Waals surface area contributed by atoms with Crippen LogP contribution in [0.2, 0.25) is 5.02 Å². The highest BCUT2D eigenvalue weighted by atomic mass is 35.5. The zero-order valence-corrected chi connectivity index (χ0v) is 14.8. The summed E-state index contributed by atoms with van der Waals surface area (Å²) in [7, 11) is -3.74. The van der Waals surface area contributed by atoms with Crippen molar-refractivity contribution in [3.05, 3.63) is 28.8 Å². The number of sulfonamides is 1. The maximum Gasteiger partial charge on any atom is 0.242 e. The highest BCUT2D eigenvalue weighted by Crippen LogP contribution is 2.27. The number of halogens is 1. The summed E-state index contributed by atoms with van der Waals surface area (Å²) in [5.41, 5.74) is 5.56. The smallest absolute Gasteiger partial charge is 0.242 e. The topological polar surface area (TPSA) is 72.2 Å². The summed E-state index contributed by atoms with van der Waals surface area (Å²) >= 11 is 10.9. The van der Waals surface area contributed by atoms with E-state index in [-0.39, 0.29) is 14.9 Å². The van der Waals surface area contributed by atoms with Gasteiger partial charge >= 0.3 is 0 Å². The normalized spacial score (nSPS) is 12.4. The minimum absolute atomic E-state index is 0.00851. The Hall–Kier alpha value is -0.690. The molecule has 21 heavy (non-hydrogen) atoms. The molecule has 0 saturated carbocycles. The number of benzene rings is 1. The molecule has 0 aromatic heterocycles. The van der Waals surface area contributed by atoms with Crippen LogP contribution in [-0.4, -0.2) is 18.9 Å². The molecule has 0 aliphatic rings. The van der Waals surface area contributed by atoms with Crippen molar-refractivity contribution in [2.24, 2.45) is 5.73 Å². The monoisotopic (exact) mass is 348 g/mol. The third-order valence-electron chi connectivity index (χ3n) is 3.89. The lowest BCUT2D eigenvalue weighted by Crippen LogP contribution is -2.47. The SMILES string of the molecule is CCC(CC)(CC)NS(=O)(=O)c1cc(C(N)=S)ccc1Cl. The molecule has 0 bridgehead atoms. The van der Waals surface area contributed by atoms with Gasteiger partial charge in [-0.15, -0.1) is 0 Å². The van der Waals surface area contributed by atoms with Crippen LogP contribution in [-0.2, 0) is 10.0 Å². The number of hydrogen-bond donors (Lipinski definition) is 2. The van der Waals surface area contributed by atoms with Crippen LogP contribution in [0.5, 0.6) is 0 Å². The molecule has 3 N–H and O–H groups in total. The van der Waals surface area contributed by atoms with Gasteiger partial charge in [-0.25, -0.2) is 13.1 Å². The molecule has 0 spiro atoms. The van der Waals surface area contributed by atoms with E-state index in [4.69, 9.17) is 29.6 Å². The molecule has 4 nitrogen and oxygen atoms in total. The average molecular weight is 349 g/mol. The van der Waals surface area contributed by atoms with Crippen LogP contribution in [0.15, 0.2) is 23.1 Å². The van der Waals surface area contributed by atoms with Gasteiger partial charge in [0.2, 0.25) is 10.0 Å². The lowest BCUT2D eigenvalue weighted by molar-refractivity contribution is 0.341. The Morgan fingerprint density at radius 1 is 1.29 bits per heavy atom. The highest BCUT2D eigenvalue weighted by Gasteiger charge is 2.31. The standard InChI is InChI=1S/C14H21ClN2O2S2/c1-4-14(5-2,6-3)17-21(18,19)12-9-10(13(16)20)7-8-11(12)15/h7-9,17H,4-6H2,1-3H3,(H2,16,20). The van der Waals surface area contributed by atoms with Crippen LogP contribution >= 0.6 is 23.8 Å². The van der Waals surface area contributed by atoms with Crippen molar-refractivity contribution in [1.29, 1.82) is 0 Å². The van der Waals surface area contributed by atoms with Gasteiger partial charge < -0.3 is 5.73 Å². The molecule has 0 atom stereocenters. The second-order valence-corrected chi connectivity index (χ2v) is 7.45. The number of rotatable bonds is 7. The Morgan fingerprint density at radius 3 is 2.24 bits per heavy atom. The van der Waals surface area contributed by atoms with E-state index in [1.807, 2.05) is 20.8 Å². The first-order chi connectivity index (χ1) is 9.71. The Morgan fingerprint density at radius 2 is 1.81 bits per heavy atom. The third kappa shape index (κ3) is 4.16. The minimum atomic E-state index is -3.74. The van der Waals surface area contributed by atoms with Gasteiger partial charge in [-0.3, -0.25) is 0 Å². The molecular formula is C14H21ClN2O2S2. The van der Waals surface area contributed by atoms with E-state index >= 15 is 0 Å². The van der Waals surface area contributed by atoms with E-state index in [1.165, 1.54) is 12.1 Å². The fourth-order valence-electron chi connectivity index (χ4n) is 2.17. The van der Waals surface area contributed by atoms with Gasteiger partial charge in [0, 0.05) is 11.1 Å². The zero-order valence-electron chi connectivity index (χ0n) is 12.4. The lowest BCUT2D eigenvalue weighted by Gasteiger charge is -2.31. The van der Waals surface area contributed by atoms with Gasteiger partial charge in [-0.2, -0.15) is 0 Å². The van der Waals surface area contributed by atoms with E-state index in [2.05, 4.69) is 4.72 Å². The number of nitrogens with one attached hydrogen (secondary N) is 1. The maximum absolute atomic E-state index is 12.6. The minimum Gasteiger partial charge on any atom is -0.389 e. The van der Waals surface area contributed by atoms with Crippen molar-refractivity contribution in [3.63, 3.8) is 0 Å². The van der Waals surface area contributed by atoms with E-state index in [0.717, 1.165) is 0 Å². The molecule has 0 radical (unpaired) electrons. The lowest BCUT2D eigenvalue weighted by atomic mass is 9.91. The van der Waals surface area contributed by atoms with Crippen LogP contribution < -0.4 is 10.5 Å². The van der Waals surface area contributed by atoms with Gasteiger partial charge in [0.1, 0.15) is 9.88 Å². The van der Waals surface area contributed by atoms with Crippen LogP contribution in [0, 0.1) is 0 Å². The maximum atomic E-state index is 12.6. The average Bonchev–Trinajstić information content (AvgIpc) is 2.45. The molecule has 0 aliphatic heterocycles. The molecule has 0 heterocycles. The summed E-state index contributed by atoms with van der Waals surface area (Å²) in [6, 6.07) is 4.52. The Balaban J connectivity index is 3.31. The summed E-state index contributed by atoms with van der Waals surface area (Å²) in [5.74, 6) is 0. The summed E-state index contributed by atoms with van der Waals surface area (Å²) in [4.78, 5) is 0.144. The van der Waals surface area contributed by atoms with Gasteiger partial charge in [-0.1, -0.05) is 50.7 Å². The van der Waals surface area contributed by atoms with E-state index in [1.54, 1.807) is 6.07 Å². The van der Waals surface area contributed by atoms with Gasteiger partial charge in [0.05, 0.1) is 5.02 Å². The van der Waals surface area contributed by atoms with Crippen molar-refractivity contribution in [2.75, 3.05) is 0 Å². The summed E-state index contributed by atoms with van der Waals surface area (Å²) in [6.07, 6.45) is 2.10. The largest absolute Gasteiger partial charge is 0.389 e. The van der Waals surface area contributed by atoms with E-state index in [9.17, 15) is 8.42 Å². The molecule has 0 fully saturated rings. The third-order valence-corrected chi connectivity index (χ3v) is 6.18. The van der Waals surface area contributed by atoms with Crippen LogP contribution in [0.4, 0.5) is 0 Å². The van der Waals surface area contributed by atoms with Crippen LogP contribution in [0.1, 0.15) is 45.6 Å². The van der Waals surface area contributed by atoms with E-state index in [0.29, 0.717) is 24.8 Å². The number of thiocarbonyl (C=S) groups is 1. The predicted molar refractivity (Wildman–Crippen MR) is 91.3 cm³/mol. The first-order valence-electron chi connectivity index (χ1n) is 6.84. The summed E-state index contributed by atoms with van der Waals surface area (Å²) in [5, 5.41) is 0.153. The summed E-state index contributed by atoms with van der Waals surface area (Å²) in [6.45, 7) is 5.88. The molecule has 1 rings (SSSR count). The second kappa shape index (κ2) is 7.05. The quantitative estimate of drug-likeness (QED) is 0.742. The molecule has 0 unspecified atom stereocenters. The van der Waals surface area contributed by atoms with Crippen molar-refractivity contribution in [1.82, 2.24) is 4.72 Å². The molecule has 1 aromatic rings. The number of hydrogen-bond acceptors (Lipinski definition) is 3. The first kappa shape index (κ1) is 18.4. The van der Waals surface area contributed by atoms with Crippen LogP contribution in [0.25, 0.3) is 0 Å². The predicted octanol–water partition coefficient (Wildman–Crippen LogP) is 3.22. The fourth-order valence-corrected chi connectivity index (χ4v) is 4.44. The first-order valence-corrected chi connectivity index (χ1v) is 9.11. The number of nitrogens with two attached hydrogens (primary N) is 1. The Labute approximate surface area is 137 Å². The Bertz CT molecular complexity index is 618. The molecule has 0 saturated heterocycles. The van der Waals surface area contributed by atoms with Crippen molar-refractivity contribution < 1.29 is 8.42 Å². The van der Waals surface area contributed by atoms with Gasteiger partial charge in [0.25, 0.3) is 0 Å². The van der Waals surface area contributed by atoms with Crippen molar-refractivity contribution in [2.45, 2.75) is 50.5 Å².